The molecule has 1 unspecified atom stereocenters. The molecule has 1 aromatic rings. The Balaban J connectivity index is 1.27. The molecule has 3 aliphatic heterocycles. The van der Waals surface area contributed by atoms with Gasteiger partial charge in [0.1, 0.15) is 5.60 Å². The van der Waals surface area contributed by atoms with Crippen molar-refractivity contribution in [3.8, 4) is 0 Å². The highest BCUT2D eigenvalue weighted by Crippen LogP contribution is 2.37. The quantitative estimate of drug-likeness (QED) is 0.837. The molecule has 3 aliphatic rings. The van der Waals surface area contributed by atoms with Gasteiger partial charge in [-0.2, -0.15) is 0 Å². The van der Waals surface area contributed by atoms with Crippen LogP contribution in [-0.2, 0) is 9.53 Å². The van der Waals surface area contributed by atoms with E-state index in [9.17, 15) is 9.59 Å². The van der Waals surface area contributed by atoms with Gasteiger partial charge in [-0.3, -0.25) is 9.59 Å². The average molecular weight is 356 g/mol. The molecule has 1 spiro atoms. The zero-order valence-corrected chi connectivity index (χ0v) is 15.6. The molecule has 1 atom stereocenters. The maximum absolute atomic E-state index is 12.6. The Morgan fingerprint density at radius 2 is 2.15 bits per heavy atom. The van der Waals surface area contributed by atoms with E-state index >= 15 is 0 Å². The molecule has 26 heavy (non-hydrogen) atoms. The van der Waals surface area contributed by atoms with Crippen molar-refractivity contribution < 1.29 is 14.3 Å². The maximum Gasteiger partial charge on any atom is 0.254 e. The highest BCUT2D eigenvalue weighted by atomic mass is 16.5. The second-order valence-electron chi connectivity index (χ2n) is 8.23. The summed E-state index contributed by atoms with van der Waals surface area (Å²) in [5, 5.41) is 0. The first kappa shape index (κ1) is 17.5. The Kier molecular flexibility index (Phi) is 4.74. The minimum atomic E-state index is -0.151. The third-order valence-corrected chi connectivity index (χ3v) is 6.04. The summed E-state index contributed by atoms with van der Waals surface area (Å²) in [6.07, 6.45) is 4.92. The molecule has 4 rings (SSSR count). The molecular weight excluding hydrogens is 328 g/mol. The molecule has 0 aliphatic carbocycles. The van der Waals surface area contributed by atoms with Crippen LogP contribution in [-0.4, -0.2) is 60.0 Å². The Morgan fingerprint density at radius 3 is 2.85 bits per heavy atom. The van der Waals surface area contributed by atoms with Crippen LogP contribution in [0.5, 0.6) is 0 Å². The highest BCUT2D eigenvalue weighted by molar-refractivity contribution is 5.95. The Bertz CT molecular complexity index is 686. The highest BCUT2D eigenvalue weighted by Gasteiger charge is 2.48. The largest absolute Gasteiger partial charge is 0.371 e. The van der Waals surface area contributed by atoms with Gasteiger partial charge in [-0.05, 0) is 44.7 Å². The lowest BCUT2D eigenvalue weighted by molar-refractivity contribution is -0.170. The summed E-state index contributed by atoms with van der Waals surface area (Å²) in [6, 6.07) is 7.77. The van der Waals surface area contributed by atoms with Crippen LogP contribution < -0.4 is 0 Å². The zero-order valence-electron chi connectivity index (χ0n) is 15.6. The number of carbonyl (C=O) groups excluding carboxylic acids is 2. The third-order valence-electron chi connectivity index (χ3n) is 6.04. The number of rotatable bonds is 3. The van der Waals surface area contributed by atoms with Gasteiger partial charge in [0.2, 0.25) is 5.91 Å². The molecule has 3 heterocycles. The van der Waals surface area contributed by atoms with Gasteiger partial charge in [-0.1, -0.05) is 17.7 Å². The smallest absolute Gasteiger partial charge is 0.254 e. The second-order valence-corrected chi connectivity index (χ2v) is 8.23. The minimum absolute atomic E-state index is 0.101. The van der Waals surface area contributed by atoms with Crippen molar-refractivity contribution in [2.24, 2.45) is 5.92 Å². The molecule has 0 bridgehead atoms. The fourth-order valence-corrected chi connectivity index (χ4v) is 4.43. The Hall–Kier alpha value is -1.88. The Labute approximate surface area is 155 Å². The van der Waals surface area contributed by atoms with Crippen molar-refractivity contribution in [2.75, 3.05) is 32.8 Å². The molecule has 140 valence electrons. The summed E-state index contributed by atoms with van der Waals surface area (Å²) in [7, 11) is 0. The van der Waals surface area contributed by atoms with Crippen molar-refractivity contribution in [1.29, 1.82) is 0 Å². The van der Waals surface area contributed by atoms with Crippen LogP contribution in [0.25, 0.3) is 0 Å². The lowest BCUT2D eigenvalue weighted by Crippen LogP contribution is -2.66. The molecule has 0 aromatic heterocycles. The number of hydrogen-bond donors (Lipinski definition) is 0. The van der Waals surface area contributed by atoms with Crippen molar-refractivity contribution in [1.82, 2.24) is 9.80 Å². The number of aryl methyl sites for hydroxylation is 1. The van der Waals surface area contributed by atoms with Gasteiger partial charge in [0.15, 0.2) is 0 Å². The summed E-state index contributed by atoms with van der Waals surface area (Å²) in [6.45, 7) is 5.83. The van der Waals surface area contributed by atoms with E-state index in [-0.39, 0.29) is 11.5 Å². The molecule has 5 nitrogen and oxygen atoms in total. The van der Waals surface area contributed by atoms with Gasteiger partial charge in [-0.25, -0.2) is 0 Å². The summed E-state index contributed by atoms with van der Waals surface area (Å²) >= 11 is 0. The van der Waals surface area contributed by atoms with E-state index in [1.165, 1.54) is 0 Å². The second kappa shape index (κ2) is 7.03. The summed E-state index contributed by atoms with van der Waals surface area (Å²) in [5.41, 5.74) is 1.72. The fourth-order valence-electron chi connectivity index (χ4n) is 4.43. The van der Waals surface area contributed by atoms with E-state index in [1.807, 2.05) is 41.0 Å². The van der Waals surface area contributed by atoms with Gasteiger partial charge in [-0.15, -0.1) is 0 Å². The summed E-state index contributed by atoms with van der Waals surface area (Å²) < 4.78 is 6.20. The van der Waals surface area contributed by atoms with E-state index in [0.717, 1.165) is 49.9 Å². The minimum Gasteiger partial charge on any atom is -0.371 e. The SMILES string of the molecule is Cc1cccc(C(=O)N2CC3(CCC(CN4CCCCC4=O)CO3)C2)c1. The number of piperidine rings is 1. The van der Waals surface area contributed by atoms with Gasteiger partial charge in [0.25, 0.3) is 5.91 Å². The first-order valence-electron chi connectivity index (χ1n) is 9.82. The van der Waals surface area contributed by atoms with Crippen molar-refractivity contribution in [3.05, 3.63) is 35.4 Å². The van der Waals surface area contributed by atoms with E-state index in [2.05, 4.69) is 0 Å². The topological polar surface area (TPSA) is 49.9 Å². The van der Waals surface area contributed by atoms with Crippen LogP contribution >= 0.6 is 0 Å². The molecular formula is C21H28N2O3. The lowest BCUT2D eigenvalue weighted by atomic mass is 9.82. The summed E-state index contributed by atoms with van der Waals surface area (Å²) in [4.78, 5) is 28.5. The molecule has 0 N–H and O–H groups in total. The number of ether oxygens (including phenoxy) is 1. The number of nitrogens with zero attached hydrogens (tertiary/aromatic N) is 2. The van der Waals surface area contributed by atoms with Crippen LogP contribution in [0.1, 0.15) is 48.0 Å². The third kappa shape index (κ3) is 3.50. The standard InChI is InChI=1S/C21H28N2O3/c1-16-5-4-6-18(11-16)20(25)23-14-21(15-23)9-8-17(13-26-21)12-22-10-3-2-7-19(22)24/h4-6,11,17H,2-3,7-10,12-15H2,1H3. The summed E-state index contributed by atoms with van der Waals surface area (Å²) in [5.74, 6) is 0.836. The number of hydrogen-bond acceptors (Lipinski definition) is 3. The number of amides is 2. The first-order chi connectivity index (χ1) is 12.5. The van der Waals surface area contributed by atoms with Crippen LogP contribution in [0.4, 0.5) is 0 Å². The van der Waals surface area contributed by atoms with E-state index in [4.69, 9.17) is 4.74 Å². The molecule has 1 aromatic carbocycles. The van der Waals surface area contributed by atoms with Crippen LogP contribution in [0.2, 0.25) is 0 Å². The fraction of sp³-hybridized carbons (Fsp3) is 0.619. The first-order valence-corrected chi connectivity index (χ1v) is 9.82. The average Bonchev–Trinajstić information content (AvgIpc) is 2.62. The molecule has 2 amide bonds. The lowest BCUT2D eigenvalue weighted by Gasteiger charge is -2.53. The monoisotopic (exact) mass is 356 g/mol. The molecule has 3 fully saturated rings. The van der Waals surface area contributed by atoms with E-state index in [1.54, 1.807) is 0 Å². The van der Waals surface area contributed by atoms with Crippen LogP contribution in [0.3, 0.4) is 0 Å². The van der Waals surface area contributed by atoms with Crippen LogP contribution in [0.15, 0.2) is 24.3 Å². The number of benzene rings is 1. The van der Waals surface area contributed by atoms with Gasteiger partial charge in [0, 0.05) is 31.0 Å². The molecule has 3 saturated heterocycles. The zero-order chi connectivity index (χ0) is 18.1. The maximum atomic E-state index is 12.6. The number of carbonyl (C=O) groups is 2. The van der Waals surface area contributed by atoms with Gasteiger partial charge < -0.3 is 14.5 Å². The van der Waals surface area contributed by atoms with Gasteiger partial charge in [0.05, 0.1) is 19.7 Å². The van der Waals surface area contributed by atoms with E-state index < -0.39 is 0 Å². The van der Waals surface area contributed by atoms with E-state index in [0.29, 0.717) is 37.9 Å². The molecule has 0 saturated carbocycles. The predicted molar refractivity (Wildman–Crippen MR) is 98.9 cm³/mol. The van der Waals surface area contributed by atoms with Crippen molar-refractivity contribution >= 4 is 11.8 Å². The van der Waals surface area contributed by atoms with Gasteiger partial charge >= 0.3 is 0 Å². The van der Waals surface area contributed by atoms with Crippen LogP contribution in [0, 0.1) is 12.8 Å². The van der Waals surface area contributed by atoms with Crippen molar-refractivity contribution in [3.63, 3.8) is 0 Å². The normalized spacial score (nSPS) is 25.3. The Morgan fingerprint density at radius 1 is 1.31 bits per heavy atom. The number of likely N-dealkylation sites (tertiary alicyclic amines) is 2. The van der Waals surface area contributed by atoms with Crippen molar-refractivity contribution in [2.45, 2.75) is 44.6 Å². The molecule has 5 heteroatoms. The molecule has 0 radical (unpaired) electrons. The predicted octanol–water partition coefficient (Wildman–Crippen LogP) is 2.63.